The molecule has 6 heteroatoms. The highest BCUT2D eigenvalue weighted by molar-refractivity contribution is 7.84. The average molecular weight is 664 g/mol. The van der Waals surface area contributed by atoms with Crippen LogP contribution in [0.5, 0.6) is 5.75 Å². The molecule has 0 saturated heterocycles. The van der Waals surface area contributed by atoms with Crippen LogP contribution >= 0.6 is 7.92 Å². The van der Waals surface area contributed by atoms with E-state index in [2.05, 4.69) is 171 Å². The third-order valence-electron chi connectivity index (χ3n) is 8.28. The van der Waals surface area contributed by atoms with Crippen LogP contribution in [0.4, 0.5) is 0 Å². The first-order chi connectivity index (χ1) is 22.0. The van der Waals surface area contributed by atoms with Crippen LogP contribution in [0.25, 0.3) is 0 Å². The van der Waals surface area contributed by atoms with Crippen LogP contribution < -0.4 is 30.1 Å². The Morgan fingerprint density at radius 3 is 1.48 bits per heavy atom. The lowest BCUT2D eigenvalue weighted by Crippen LogP contribution is -2.69. The maximum atomic E-state index is 13.9. The summed E-state index contributed by atoms with van der Waals surface area (Å²) in [6.45, 7) is 13.0. The molecule has 0 aliphatic rings. The van der Waals surface area contributed by atoms with Gasteiger partial charge in [0.15, 0.2) is 0 Å². The standard InChI is InChI=1S/C40H46NO2PSSi/c1-39(2,3)45(42)41-37(31-44(32-21-11-7-12-22-32)33-23-13-8-14-24-33)36-29-19-20-30-38(36)43-46(40(4,5)6,34-25-15-9-16-26-34)35-27-17-10-18-28-35/h7-30,37,41H,31H2,1-6H3/t37?,45-/m1/s1. The molecule has 0 fully saturated rings. The summed E-state index contributed by atoms with van der Waals surface area (Å²) >= 11 is 0. The molecule has 1 unspecified atom stereocenters. The van der Waals surface area contributed by atoms with Crippen LogP contribution in [-0.4, -0.2) is 23.4 Å². The molecule has 0 radical (unpaired) electrons. The van der Waals surface area contributed by atoms with Gasteiger partial charge in [0.1, 0.15) is 5.75 Å². The third kappa shape index (κ3) is 7.61. The molecule has 238 valence electrons. The molecular weight excluding hydrogens is 618 g/mol. The molecule has 0 aromatic heterocycles. The van der Waals surface area contributed by atoms with E-state index in [-0.39, 0.29) is 11.1 Å². The van der Waals surface area contributed by atoms with Gasteiger partial charge in [-0.25, -0.2) is 8.93 Å². The monoisotopic (exact) mass is 663 g/mol. The SMILES string of the molecule is CC(C)(C)[S@@](=O)NC(CP(c1ccccc1)c1ccccc1)c1ccccc1O[Si](c1ccccc1)(c1ccccc1)C(C)(C)C. The maximum absolute atomic E-state index is 13.9. The number of nitrogens with one attached hydrogen (secondary N) is 1. The topological polar surface area (TPSA) is 38.3 Å². The first-order valence-electron chi connectivity index (χ1n) is 16.0. The second-order valence-corrected chi connectivity index (χ2v) is 22.1. The Morgan fingerprint density at radius 1 is 0.630 bits per heavy atom. The number of benzene rings is 5. The van der Waals surface area contributed by atoms with Gasteiger partial charge in [-0.05, 0) is 66.9 Å². The van der Waals surface area contributed by atoms with Crippen molar-refractivity contribution < 1.29 is 8.63 Å². The average Bonchev–Trinajstić information content (AvgIpc) is 3.06. The molecule has 1 N–H and O–H groups in total. The molecule has 0 bridgehead atoms. The lowest BCUT2D eigenvalue weighted by Gasteiger charge is -2.43. The molecule has 0 aliphatic heterocycles. The van der Waals surface area contributed by atoms with Crippen molar-refractivity contribution in [3.8, 4) is 5.75 Å². The van der Waals surface area contributed by atoms with Crippen LogP contribution in [0.2, 0.25) is 5.04 Å². The van der Waals surface area contributed by atoms with Crippen LogP contribution in [0, 0.1) is 0 Å². The lowest BCUT2D eigenvalue weighted by atomic mass is 10.1. The summed E-state index contributed by atoms with van der Waals surface area (Å²) in [7, 11) is -4.99. The summed E-state index contributed by atoms with van der Waals surface area (Å²) in [4.78, 5) is 0. The number of rotatable bonds is 11. The van der Waals surface area contributed by atoms with Crippen molar-refractivity contribution in [3.63, 3.8) is 0 Å². The zero-order chi connectivity index (χ0) is 32.8. The van der Waals surface area contributed by atoms with Crippen molar-refractivity contribution in [2.24, 2.45) is 0 Å². The molecule has 0 heterocycles. The van der Waals surface area contributed by atoms with Gasteiger partial charge in [0, 0.05) is 5.56 Å². The highest BCUT2D eigenvalue weighted by Gasteiger charge is 2.52. The Balaban J connectivity index is 1.68. The van der Waals surface area contributed by atoms with E-state index in [1.54, 1.807) is 0 Å². The van der Waals surface area contributed by atoms with Crippen molar-refractivity contribution in [1.82, 2.24) is 4.72 Å². The Bertz CT molecular complexity index is 1630. The van der Waals surface area contributed by atoms with Gasteiger partial charge < -0.3 is 4.43 Å². The highest BCUT2D eigenvalue weighted by atomic mass is 32.2. The molecule has 5 rings (SSSR count). The van der Waals surface area contributed by atoms with Crippen molar-refractivity contribution >= 4 is 48.2 Å². The number of hydrogen-bond acceptors (Lipinski definition) is 2. The van der Waals surface area contributed by atoms with E-state index in [1.807, 2.05) is 20.8 Å². The Kier molecular flexibility index (Phi) is 10.8. The molecule has 3 nitrogen and oxygen atoms in total. The normalized spacial score (nSPS) is 13.7. The fourth-order valence-corrected chi connectivity index (χ4v) is 13.8. The number of para-hydroxylation sites is 1. The number of hydrogen-bond donors (Lipinski definition) is 1. The molecule has 0 saturated carbocycles. The first kappa shape index (κ1) is 34.0. The smallest absolute Gasteiger partial charge is 0.319 e. The molecule has 46 heavy (non-hydrogen) atoms. The second kappa shape index (κ2) is 14.6. The van der Waals surface area contributed by atoms with Crippen LogP contribution in [-0.2, 0) is 11.0 Å². The fourth-order valence-electron chi connectivity index (χ4n) is 5.94. The highest BCUT2D eigenvalue weighted by Crippen LogP contribution is 2.43. The zero-order valence-corrected chi connectivity index (χ0v) is 30.5. The third-order valence-corrected chi connectivity index (χ3v) is 17.4. The van der Waals surface area contributed by atoms with Crippen molar-refractivity contribution in [1.29, 1.82) is 0 Å². The Labute approximate surface area is 280 Å². The van der Waals surface area contributed by atoms with Crippen molar-refractivity contribution in [2.45, 2.75) is 57.4 Å². The molecule has 5 aromatic rings. The van der Waals surface area contributed by atoms with Crippen molar-refractivity contribution in [2.75, 3.05) is 6.16 Å². The maximum Gasteiger partial charge on any atom is 0.319 e. The van der Waals surface area contributed by atoms with Crippen LogP contribution in [0.15, 0.2) is 146 Å². The van der Waals surface area contributed by atoms with Gasteiger partial charge in [-0.15, -0.1) is 0 Å². The quantitative estimate of drug-likeness (QED) is 0.116. The molecule has 2 atom stereocenters. The lowest BCUT2D eigenvalue weighted by molar-refractivity contribution is 0.496. The van der Waals surface area contributed by atoms with Gasteiger partial charge in [0.25, 0.3) is 0 Å². The summed E-state index contributed by atoms with van der Waals surface area (Å²) in [5, 5.41) is 4.84. The van der Waals surface area contributed by atoms with E-state index in [0.717, 1.165) is 17.5 Å². The van der Waals surface area contributed by atoms with E-state index < -0.39 is 32.0 Å². The van der Waals surface area contributed by atoms with Gasteiger partial charge in [0.2, 0.25) is 0 Å². The summed E-state index contributed by atoms with van der Waals surface area (Å²) in [5.41, 5.74) is 1.03. The molecule has 0 amide bonds. The van der Waals surface area contributed by atoms with Crippen LogP contribution in [0.3, 0.4) is 0 Å². The fraction of sp³-hybridized carbons (Fsp3) is 0.250. The Hall–Kier alpha value is -3.34. The molecular formula is C40H46NO2PSSi. The predicted octanol–water partition coefficient (Wildman–Crippen LogP) is 7.85. The minimum absolute atomic E-state index is 0.194. The van der Waals surface area contributed by atoms with E-state index in [1.165, 1.54) is 21.0 Å². The van der Waals surface area contributed by atoms with E-state index >= 15 is 0 Å². The summed E-state index contributed by atoms with van der Waals surface area (Å²) in [6.07, 6.45) is 0.770. The van der Waals surface area contributed by atoms with Gasteiger partial charge in [-0.2, -0.15) is 0 Å². The van der Waals surface area contributed by atoms with E-state index in [0.29, 0.717) is 0 Å². The van der Waals surface area contributed by atoms with Gasteiger partial charge in [0.05, 0.1) is 21.8 Å². The summed E-state index contributed by atoms with van der Waals surface area (Å²) in [6, 6.07) is 51.2. The first-order valence-corrected chi connectivity index (χ1v) is 20.5. The molecule has 5 aromatic carbocycles. The van der Waals surface area contributed by atoms with Crippen LogP contribution in [0.1, 0.15) is 53.1 Å². The minimum atomic E-state index is -2.91. The van der Waals surface area contributed by atoms with Crippen molar-refractivity contribution in [3.05, 3.63) is 151 Å². The summed E-state index contributed by atoms with van der Waals surface area (Å²) in [5.74, 6) is 0.844. The van der Waals surface area contributed by atoms with E-state index in [9.17, 15) is 4.21 Å². The second-order valence-electron chi connectivity index (χ2n) is 13.6. The molecule has 0 aliphatic carbocycles. The molecule has 0 spiro atoms. The van der Waals surface area contributed by atoms with Gasteiger partial charge >= 0.3 is 8.32 Å². The van der Waals surface area contributed by atoms with E-state index in [4.69, 9.17) is 4.43 Å². The minimum Gasteiger partial charge on any atom is -0.534 e. The van der Waals surface area contributed by atoms with Gasteiger partial charge in [-0.1, -0.05) is 160 Å². The van der Waals surface area contributed by atoms with Gasteiger partial charge in [-0.3, -0.25) is 0 Å². The predicted molar refractivity (Wildman–Crippen MR) is 202 cm³/mol. The Morgan fingerprint density at radius 2 is 1.04 bits per heavy atom. The largest absolute Gasteiger partial charge is 0.534 e. The zero-order valence-electron chi connectivity index (χ0n) is 27.8. The summed E-state index contributed by atoms with van der Waals surface area (Å²) < 4.78 is 24.7.